The molecule has 2 rings (SSSR count). The minimum Gasteiger partial charge on any atom is -0.462 e. The number of hydrazone groups is 1. The molecule has 0 fully saturated rings. The van der Waals surface area contributed by atoms with E-state index in [1.54, 1.807) is 32.2 Å². The minimum absolute atomic E-state index is 0. The molecule has 1 heterocycles. The zero-order valence-corrected chi connectivity index (χ0v) is 13.6. The smallest absolute Gasteiger partial charge is 0.350 e. The van der Waals surface area contributed by atoms with E-state index in [1.165, 1.54) is 23.5 Å². The Morgan fingerprint density at radius 2 is 2.14 bits per heavy atom. The van der Waals surface area contributed by atoms with Crippen molar-refractivity contribution in [2.75, 3.05) is 12.0 Å². The van der Waals surface area contributed by atoms with Crippen molar-refractivity contribution >= 4 is 41.1 Å². The Hall–Kier alpha value is -1.99. The monoisotopic (exact) mass is 343 g/mol. The fourth-order valence-corrected chi connectivity index (χ4v) is 2.35. The summed E-state index contributed by atoms with van der Waals surface area (Å²) < 4.78 is 17.7. The van der Waals surface area contributed by atoms with E-state index in [4.69, 9.17) is 4.74 Å². The quantitative estimate of drug-likeness (QED) is 0.511. The van der Waals surface area contributed by atoms with Gasteiger partial charge in [-0.15, -0.1) is 12.4 Å². The second-order valence-electron chi connectivity index (χ2n) is 4.08. The first-order chi connectivity index (χ1) is 10.1. The molecule has 0 unspecified atom stereocenters. The highest BCUT2D eigenvalue weighted by molar-refractivity contribution is 7.17. The predicted octanol–water partition coefficient (Wildman–Crippen LogP) is 3.64. The van der Waals surface area contributed by atoms with Crippen LogP contribution in [-0.4, -0.2) is 23.8 Å². The third-order valence-corrected chi connectivity index (χ3v) is 3.54. The van der Waals surface area contributed by atoms with Crippen molar-refractivity contribution in [1.29, 1.82) is 0 Å². The van der Waals surface area contributed by atoms with Crippen LogP contribution in [0, 0.1) is 12.7 Å². The molecule has 0 amide bonds. The standard InChI is InChI=1S/C14H14FN3O2S.ClH/c1-3-20-13(19)12-9(2)17-14(21-12)18-16-8-10-4-6-11(15)7-5-10;/h4-8H,3H2,1-2H3,(H,17,18);1H/b16-8+;. The van der Waals surface area contributed by atoms with Gasteiger partial charge in [0.25, 0.3) is 0 Å². The minimum atomic E-state index is -0.386. The number of benzene rings is 1. The van der Waals surface area contributed by atoms with E-state index >= 15 is 0 Å². The summed E-state index contributed by atoms with van der Waals surface area (Å²) in [7, 11) is 0. The SMILES string of the molecule is CCOC(=O)c1sc(N/N=C/c2ccc(F)cc2)nc1C.Cl. The maximum atomic E-state index is 12.7. The molecular weight excluding hydrogens is 329 g/mol. The van der Waals surface area contributed by atoms with Gasteiger partial charge in [0.2, 0.25) is 5.13 Å². The number of ether oxygens (including phenoxy) is 1. The molecule has 22 heavy (non-hydrogen) atoms. The van der Waals surface area contributed by atoms with Gasteiger partial charge in [0, 0.05) is 0 Å². The van der Waals surface area contributed by atoms with Crippen LogP contribution in [0.25, 0.3) is 0 Å². The van der Waals surface area contributed by atoms with Crippen LogP contribution in [0.1, 0.15) is 27.9 Å². The molecule has 0 saturated carbocycles. The second kappa shape index (κ2) is 8.45. The molecule has 1 N–H and O–H groups in total. The van der Waals surface area contributed by atoms with Crippen LogP contribution >= 0.6 is 23.7 Å². The highest BCUT2D eigenvalue weighted by Crippen LogP contribution is 2.23. The molecule has 1 aromatic heterocycles. The molecular formula is C14H15ClFN3O2S. The fourth-order valence-electron chi connectivity index (χ4n) is 1.54. The topological polar surface area (TPSA) is 63.6 Å². The summed E-state index contributed by atoms with van der Waals surface area (Å²) in [6.45, 7) is 3.81. The van der Waals surface area contributed by atoms with Crippen molar-refractivity contribution in [3.05, 3.63) is 46.2 Å². The van der Waals surface area contributed by atoms with Crippen LogP contribution in [0.3, 0.4) is 0 Å². The van der Waals surface area contributed by atoms with Crippen molar-refractivity contribution in [3.63, 3.8) is 0 Å². The third kappa shape index (κ3) is 4.78. The molecule has 2 aromatic rings. The average molecular weight is 344 g/mol. The number of rotatable bonds is 5. The lowest BCUT2D eigenvalue weighted by Gasteiger charge is -1.97. The summed E-state index contributed by atoms with van der Waals surface area (Å²) in [4.78, 5) is 16.3. The highest BCUT2D eigenvalue weighted by Gasteiger charge is 2.15. The summed E-state index contributed by atoms with van der Waals surface area (Å²) in [5.41, 5.74) is 4.09. The van der Waals surface area contributed by atoms with Gasteiger partial charge in [-0.1, -0.05) is 23.5 Å². The first-order valence-electron chi connectivity index (χ1n) is 6.29. The van der Waals surface area contributed by atoms with E-state index in [0.29, 0.717) is 22.3 Å². The number of hydrogen-bond acceptors (Lipinski definition) is 6. The van der Waals surface area contributed by atoms with E-state index in [0.717, 1.165) is 5.56 Å². The Morgan fingerprint density at radius 1 is 1.45 bits per heavy atom. The summed E-state index contributed by atoms with van der Waals surface area (Å²) in [5.74, 6) is -0.683. The zero-order valence-electron chi connectivity index (χ0n) is 12.0. The van der Waals surface area contributed by atoms with E-state index < -0.39 is 0 Å². The van der Waals surface area contributed by atoms with Gasteiger partial charge in [0.05, 0.1) is 18.5 Å². The molecule has 8 heteroatoms. The van der Waals surface area contributed by atoms with E-state index in [2.05, 4.69) is 15.5 Å². The zero-order chi connectivity index (χ0) is 15.2. The first-order valence-corrected chi connectivity index (χ1v) is 7.11. The molecule has 0 radical (unpaired) electrons. The number of aryl methyl sites for hydroxylation is 1. The molecule has 1 aromatic carbocycles. The van der Waals surface area contributed by atoms with Gasteiger partial charge in [-0.25, -0.2) is 14.2 Å². The Labute approximate surface area is 137 Å². The summed E-state index contributed by atoms with van der Waals surface area (Å²) in [6.07, 6.45) is 1.54. The molecule has 0 atom stereocenters. The van der Waals surface area contributed by atoms with Gasteiger partial charge >= 0.3 is 5.97 Å². The largest absolute Gasteiger partial charge is 0.462 e. The van der Waals surface area contributed by atoms with Crippen molar-refractivity contribution in [3.8, 4) is 0 Å². The van der Waals surface area contributed by atoms with Gasteiger partial charge in [0.1, 0.15) is 10.7 Å². The van der Waals surface area contributed by atoms with Gasteiger partial charge < -0.3 is 4.74 Å². The molecule has 5 nitrogen and oxygen atoms in total. The number of halogens is 2. The third-order valence-electron chi connectivity index (χ3n) is 2.50. The Morgan fingerprint density at radius 3 is 2.77 bits per heavy atom. The number of thiazole rings is 1. The lowest BCUT2D eigenvalue weighted by atomic mass is 10.2. The lowest BCUT2D eigenvalue weighted by Crippen LogP contribution is -2.03. The van der Waals surface area contributed by atoms with Crippen LogP contribution in [0.5, 0.6) is 0 Å². The Kier molecular flexibility index (Phi) is 6.94. The van der Waals surface area contributed by atoms with E-state index in [1.807, 2.05) is 0 Å². The average Bonchev–Trinajstić information content (AvgIpc) is 2.82. The van der Waals surface area contributed by atoms with Gasteiger partial charge in [-0.05, 0) is 31.5 Å². The molecule has 0 aliphatic rings. The van der Waals surface area contributed by atoms with Crippen molar-refractivity contribution in [2.45, 2.75) is 13.8 Å². The van der Waals surface area contributed by atoms with Gasteiger partial charge in [-0.2, -0.15) is 5.10 Å². The van der Waals surface area contributed by atoms with Crippen LogP contribution in [-0.2, 0) is 4.74 Å². The number of anilines is 1. The predicted molar refractivity (Wildman–Crippen MR) is 87.7 cm³/mol. The van der Waals surface area contributed by atoms with E-state index in [9.17, 15) is 9.18 Å². The number of nitrogens with one attached hydrogen (secondary N) is 1. The van der Waals surface area contributed by atoms with E-state index in [-0.39, 0.29) is 24.2 Å². The van der Waals surface area contributed by atoms with Crippen molar-refractivity contribution < 1.29 is 13.9 Å². The number of hydrogen-bond donors (Lipinski definition) is 1. The first kappa shape index (κ1) is 18.1. The van der Waals surface area contributed by atoms with Crippen molar-refractivity contribution in [1.82, 2.24) is 4.98 Å². The number of carbonyl (C=O) groups is 1. The summed E-state index contributed by atoms with van der Waals surface area (Å²) in [5, 5.41) is 4.49. The molecule has 0 saturated heterocycles. The Bertz CT molecular complexity index is 659. The van der Waals surface area contributed by atoms with Crippen LogP contribution in [0.2, 0.25) is 0 Å². The number of nitrogens with zero attached hydrogens (tertiary/aromatic N) is 2. The number of aromatic nitrogens is 1. The van der Waals surface area contributed by atoms with Gasteiger partial charge in [-0.3, -0.25) is 5.43 Å². The fraction of sp³-hybridized carbons (Fsp3) is 0.214. The summed E-state index contributed by atoms with van der Waals surface area (Å²) >= 11 is 1.17. The maximum absolute atomic E-state index is 12.7. The molecule has 0 spiro atoms. The number of carbonyl (C=O) groups excluding carboxylic acids is 1. The summed E-state index contributed by atoms with van der Waals surface area (Å²) in [6, 6.07) is 5.93. The van der Waals surface area contributed by atoms with Crippen molar-refractivity contribution in [2.24, 2.45) is 5.10 Å². The molecule has 118 valence electrons. The Balaban J connectivity index is 0.00000242. The maximum Gasteiger partial charge on any atom is 0.350 e. The second-order valence-corrected chi connectivity index (χ2v) is 5.07. The van der Waals surface area contributed by atoms with Crippen LogP contribution < -0.4 is 5.43 Å². The van der Waals surface area contributed by atoms with Crippen LogP contribution in [0.4, 0.5) is 9.52 Å². The highest BCUT2D eigenvalue weighted by atomic mass is 35.5. The van der Waals surface area contributed by atoms with Crippen LogP contribution in [0.15, 0.2) is 29.4 Å². The molecule has 0 bridgehead atoms. The number of esters is 1. The molecule has 0 aliphatic carbocycles. The normalized spacial score (nSPS) is 10.3. The molecule has 0 aliphatic heterocycles. The van der Waals surface area contributed by atoms with Gasteiger partial charge in [0.15, 0.2) is 0 Å². The lowest BCUT2D eigenvalue weighted by molar-refractivity contribution is 0.0531.